The highest BCUT2D eigenvalue weighted by Gasteiger charge is 2.22. The molecule has 0 aliphatic carbocycles. The number of amides is 1. The Kier molecular flexibility index (Phi) is 6.51. The number of aromatic nitrogens is 1. The largest absolute Gasteiger partial charge is 0.356 e. The van der Waals surface area contributed by atoms with Gasteiger partial charge in [0, 0.05) is 42.5 Å². The van der Waals surface area contributed by atoms with E-state index < -0.39 is 0 Å². The van der Waals surface area contributed by atoms with E-state index in [0.717, 1.165) is 13.0 Å². The minimum absolute atomic E-state index is 0.0225. The van der Waals surface area contributed by atoms with Gasteiger partial charge in [-0.15, -0.1) is 0 Å². The molecular weight excluding hydrogens is 380 g/mol. The molecular formula is C28H30N2O. The Morgan fingerprint density at radius 3 is 2.52 bits per heavy atom. The molecule has 0 spiro atoms. The molecule has 0 fully saturated rings. The SMILES string of the molecule is CCn1cc([C@@H](CC(=O)NCCc2ccccc2)c2cccc(C)c2)c2ccccc21. The van der Waals surface area contributed by atoms with Gasteiger partial charge in [-0.25, -0.2) is 0 Å². The average molecular weight is 411 g/mol. The lowest BCUT2D eigenvalue weighted by Crippen LogP contribution is -2.27. The summed E-state index contributed by atoms with van der Waals surface area (Å²) >= 11 is 0. The van der Waals surface area contributed by atoms with Gasteiger partial charge in [0.25, 0.3) is 0 Å². The van der Waals surface area contributed by atoms with E-state index >= 15 is 0 Å². The fourth-order valence-corrected chi connectivity index (χ4v) is 4.36. The number of carbonyl (C=O) groups is 1. The number of nitrogens with zero attached hydrogens (tertiary/aromatic N) is 1. The zero-order valence-electron chi connectivity index (χ0n) is 18.3. The van der Waals surface area contributed by atoms with E-state index in [1.807, 2.05) is 18.2 Å². The third kappa shape index (κ3) is 4.88. The van der Waals surface area contributed by atoms with Crippen molar-refractivity contribution < 1.29 is 4.79 Å². The van der Waals surface area contributed by atoms with Crippen LogP contribution in [0.3, 0.4) is 0 Å². The molecule has 0 saturated heterocycles. The minimum Gasteiger partial charge on any atom is -0.356 e. The molecule has 1 aromatic heterocycles. The van der Waals surface area contributed by atoms with Gasteiger partial charge in [-0.1, -0.05) is 78.4 Å². The van der Waals surface area contributed by atoms with Gasteiger partial charge in [-0.3, -0.25) is 4.79 Å². The summed E-state index contributed by atoms with van der Waals surface area (Å²) in [4.78, 5) is 13.0. The topological polar surface area (TPSA) is 34.0 Å². The molecule has 0 radical (unpaired) electrons. The molecule has 158 valence electrons. The van der Waals surface area contributed by atoms with Crippen LogP contribution in [0.25, 0.3) is 10.9 Å². The standard InChI is InChI=1S/C28H30N2O/c1-3-30-20-26(24-14-7-8-15-27(24)30)25(23-13-9-10-21(2)18-23)19-28(31)29-17-16-22-11-5-4-6-12-22/h4-15,18,20,25H,3,16-17,19H2,1-2H3,(H,29,31)/t25-/m0/s1. The Morgan fingerprint density at radius 2 is 1.74 bits per heavy atom. The number of nitrogens with one attached hydrogen (secondary N) is 1. The fraction of sp³-hybridized carbons (Fsp3) is 0.250. The molecule has 4 rings (SSSR count). The number of benzene rings is 3. The fourth-order valence-electron chi connectivity index (χ4n) is 4.36. The highest BCUT2D eigenvalue weighted by Crippen LogP contribution is 2.35. The molecule has 0 saturated carbocycles. The number of aryl methyl sites for hydroxylation is 2. The van der Waals surface area contributed by atoms with Crippen molar-refractivity contribution in [2.75, 3.05) is 6.54 Å². The number of hydrogen-bond acceptors (Lipinski definition) is 1. The summed E-state index contributed by atoms with van der Waals surface area (Å²) in [7, 11) is 0. The quantitative estimate of drug-likeness (QED) is 0.388. The molecule has 1 heterocycles. The van der Waals surface area contributed by atoms with Crippen molar-refractivity contribution in [3.8, 4) is 0 Å². The zero-order valence-corrected chi connectivity index (χ0v) is 18.3. The first-order valence-corrected chi connectivity index (χ1v) is 11.1. The summed E-state index contributed by atoms with van der Waals surface area (Å²) in [6, 6.07) is 27.3. The predicted octanol–water partition coefficient (Wildman–Crippen LogP) is 5.85. The summed E-state index contributed by atoms with van der Waals surface area (Å²) in [6.45, 7) is 5.83. The Bertz CT molecular complexity index is 1160. The lowest BCUT2D eigenvalue weighted by molar-refractivity contribution is -0.121. The molecule has 3 heteroatoms. The molecule has 4 aromatic rings. The molecule has 3 nitrogen and oxygen atoms in total. The van der Waals surface area contributed by atoms with Crippen LogP contribution in [0.5, 0.6) is 0 Å². The normalized spacial score (nSPS) is 12.1. The van der Waals surface area contributed by atoms with E-state index in [9.17, 15) is 4.79 Å². The number of para-hydroxylation sites is 1. The van der Waals surface area contributed by atoms with Gasteiger partial charge in [-0.05, 0) is 43.0 Å². The number of fused-ring (bicyclic) bond motifs is 1. The van der Waals surface area contributed by atoms with Crippen LogP contribution in [0.15, 0.2) is 85.1 Å². The van der Waals surface area contributed by atoms with Crippen LogP contribution in [0.1, 0.15) is 41.5 Å². The van der Waals surface area contributed by atoms with Gasteiger partial charge in [0.2, 0.25) is 5.91 Å². The lowest BCUT2D eigenvalue weighted by Gasteiger charge is -2.18. The molecule has 3 aromatic carbocycles. The second kappa shape index (κ2) is 9.65. The maximum absolute atomic E-state index is 13.0. The average Bonchev–Trinajstić information content (AvgIpc) is 3.17. The number of rotatable bonds is 8. The van der Waals surface area contributed by atoms with Gasteiger partial charge in [0.1, 0.15) is 0 Å². The summed E-state index contributed by atoms with van der Waals surface area (Å²) in [6.07, 6.45) is 3.52. The van der Waals surface area contributed by atoms with Gasteiger partial charge >= 0.3 is 0 Å². The highest BCUT2D eigenvalue weighted by atomic mass is 16.1. The summed E-state index contributed by atoms with van der Waals surface area (Å²) in [5, 5.41) is 4.37. The summed E-state index contributed by atoms with van der Waals surface area (Å²) < 4.78 is 2.28. The molecule has 1 amide bonds. The Hall–Kier alpha value is -3.33. The van der Waals surface area contributed by atoms with E-state index in [0.29, 0.717) is 13.0 Å². The van der Waals surface area contributed by atoms with Crippen LogP contribution < -0.4 is 5.32 Å². The van der Waals surface area contributed by atoms with Crippen molar-refractivity contribution in [3.63, 3.8) is 0 Å². The summed E-state index contributed by atoms with van der Waals surface area (Å²) in [5.41, 5.74) is 6.09. The van der Waals surface area contributed by atoms with E-state index in [1.54, 1.807) is 0 Å². The maximum Gasteiger partial charge on any atom is 0.220 e. The van der Waals surface area contributed by atoms with Crippen LogP contribution in [0.4, 0.5) is 0 Å². The first-order valence-electron chi connectivity index (χ1n) is 11.1. The van der Waals surface area contributed by atoms with Crippen LogP contribution in [0.2, 0.25) is 0 Å². The predicted molar refractivity (Wildman–Crippen MR) is 128 cm³/mol. The Morgan fingerprint density at radius 1 is 0.968 bits per heavy atom. The highest BCUT2D eigenvalue weighted by molar-refractivity contribution is 5.86. The monoisotopic (exact) mass is 410 g/mol. The van der Waals surface area contributed by atoms with E-state index in [-0.39, 0.29) is 11.8 Å². The molecule has 1 N–H and O–H groups in total. The molecule has 0 unspecified atom stereocenters. The van der Waals surface area contributed by atoms with Crippen LogP contribution in [-0.2, 0) is 17.8 Å². The van der Waals surface area contributed by atoms with Gasteiger partial charge < -0.3 is 9.88 Å². The van der Waals surface area contributed by atoms with Gasteiger partial charge in [-0.2, -0.15) is 0 Å². The van der Waals surface area contributed by atoms with Crippen molar-refractivity contribution in [1.82, 2.24) is 9.88 Å². The van der Waals surface area contributed by atoms with Crippen molar-refractivity contribution in [3.05, 3.63) is 107 Å². The molecule has 0 bridgehead atoms. The first kappa shape index (κ1) is 20.9. The lowest BCUT2D eigenvalue weighted by atomic mass is 9.87. The second-order valence-corrected chi connectivity index (χ2v) is 8.14. The second-order valence-electron chi connectivity index (χ2n) is 8.14. The third-order valence-corrected chi connectivity index (χ3v) is 5.95. The number of carbonyl (C=O) groups excluding carboxylic acids is 1. The molecule has 0 aliphatic rings. The van der Waals surface area contributed by atoms with E-state index in [1.165, 1.54) is 33.2 Å². The van der Waals surface area contributed by atoms with Crippen LogP contribution >= 0.6 is 0 Å². The van der Waals surface area contributed by atoms with Gasteiger partial charge in [0.05, 0.1) is 0 Å². The molecule has 1 atom stereocenters. The first-order chi connectivity index (χ1) is 15.2. The van der Waals surface area contributed by atoms with Crippen molar-refractivity contribution in [2.45, 2.75) is 39.2 Å². The summed E-state index contributed by atoms with van der Waals surface area (Å²) in [5.74, 6) is 0.116. The van der Waals surface area contributed by atoms with Crippen LogP contribution in [-0.4, -0.2) is 17.0 Å². The van der Waals surface area contributed by atoms with Gasteiger partial charge in [0.15, 0.2) is 0 Å². The Balaban J connectivity index is 1.59. The van der Waals surface area contributed by atoms with Crippen molar-refractivity contribution in [2.24, 2.45) is 0 Å². The zero-order chi connectivity index (χ0) is 21.6. The molecule has 31 heavy (non-hydrogen) atoms. The number of hydrogen-bond donors (Lipinski definition) is 1. The Labute approximate surface area is 184 Å². The maximum atomic E-state index is 13.0. The van der Waals surface area contributed by atoms with E-state index in [2.05, 4.69) is 90.6 Å². The smallest absolute Gasteiger partial charge is 0.220 e. The third-order valence-electron chi connectivity index (χ3n) is 5.95. The van der Waals surface area contributed by atoms with Crippen molar-refractivity contribution >= 4 is 16.8 Å². The minimum atomic E-state index is 0.0225. The van der Waals surface area contributed by atoms with Crippen molar-refractivity contribution in [1.29, 1.82) is 0 Å². The van der Waals surface area contributed by atoms with Crippen LogP contribution in [0, 0.1) is 6.92 Å². The molecule has 0 aliphatic heterocycles. The van der Waals surface area contributed by atoms with E-state index in [4.69, 9.17) is 0 Å².